The molecule has 0 saturated carbocycles. The summed E-state index contributed by atoms with van der Waals surface area (Å²) in [5.41, 5.74) is 2.02. The van der Waals surface area contributed by atoms with Gasteiger partial charge in [0.1, 0.15) is 5.75 Å². The van der Waals surface area contributed by atoms with Gasteiger partial charge in [-0.05, 0) is 46.9 Å². The molecular formula is C22H23NO2. The minimum atomic E-state index is -0.149. The number of amides is 1. The van der Waals surface area contributed by atoms with Crippen LogP contribution in [0.5, 0.6) is 5.75 Å². The molecule has 3 aromatic carbocycles. The highest BCUT2D eigenvalue weighted by atomic mass is 16.5. The van der Waals surface area contributed by atoms with Crippen molar-refractivity contribution >= 4 is 22.4 Å². The van der Waals surface area contributed by atoms with Crippen LogP contribution >= 0.6 is 0 Å². The van der Waals surface area contributed by atoms with Gasteiger partial charge in [-0.3, -0.25) is 4.79 Å². The number of benzene rings is 3. The monoisotopic (exact) mass is 333 g/mol. The van der Waals surface area contributed by atoms with Gasteiger partial charge in [0.05, 0.1) is 0 Å². The van der Waals surface area contributed by atoms with Crippen LogP contribution in [0.15, 0.2) is 66.7 Å². The van der Waals surface area contributed by atoms with Crippen molar-refractivity contribution in [2.45, 2.75) is 26.2 Å². The van der Waals surface area contributed by atoms with Crippen molar-refractivity contribution in [3.8, 4) is 5.75 Å². The minimum absolute atomic E-state index is 0.00677. The fourth-order valence-corrected chi connectivity index (χ4v) is 2.85. The molecule has 0 heterocycles. The Kier molecular flexibility index (Phi) is 5.34. The molecule has 3 aromatic rings. The second-order valence-electron chi connectivity index (χ2n) is 6.24. The molecule has 1 atom stereocenters. The lowest BCUT2D eigenvalue weighted by Crippen LogP contribution is -2.21. The first-order chi connectivity index (χ1) is 12.2. The van der Waals surface area contributed by atoms with Crippen LogP contribution in [0.4, 0.5) is 5.69 Å². The van der Waals surface area contributed by atoms with Crippen LogP contribution in [-0.2, 0) is 4.79 Å². The van der Waals surface area contributed by atoms with E-state index in [1.54, 1.807) is 0 Å². The molecule has 25 heavy (non-hydrogen) atoms. The molecule has 0 aliphatic rings. The van der Waals surface area contributed by atoms with E-state index in [0.717, 1.165) is 28.4 Å². The molecule has 0 bridgehead atoms. The predicted octanol–water partition coefficient (Wildman–Crippen LogP) is 5.37. The number of ether oxygens (including phenoxy) is 1. The van der Waals surface area contributed by atoms with E-state index < -0.39 is 0 Å². The Labute approximate surface area is 148 Å². The minimum Gasteiger partial charge on any atom is -0.484 e. The van der Waals surface area contributed by atoms with Crippen molar-refractivity contribution in [1.29, 1.82) is 0 Å². The predicted molar refractivity (Wildman–Crippen MR) is 103 cm³/mol. The summed E-state index contributed by atoms with van der Waals surface area (Å²) >= 11 is 0. The lowest BCUT2D eigenvalue weighted by atomic mass is 9.97. The van der Waals surface area contributed by atoms with Gasteiger partial charge in [0.2, 0.25) is 0 Å². The number of fused-ring (bicyclic) bond motifs is 1. The van der Waals surface area contributed by atoms with E-state index in [1.807, 2.05) is 54.6 Å². The number of carbonyl (C=O) groups is 1. The molecular weight excluding hydrogens is 310 g/mol. The molecule has 0 unspecified atom stereocenters. The molecule has 3 heteroatoms. The Morgan fingerprint density at radius 1 is 1.00 bits per heavy atom. The number of rotatable bonds is 6. The van der Waals surface area contributed by atoms with Crippen molar-refractivity contribution in [1.82, 2.24) is 0 Å². The van der Waals surface area contributed by atoms with Crippen molar-refractivity contribution in [2.75, 3.05) is 11.9 Å². The third-order valence-corrected chi connectivity index (χ3v) is 4.47. The van der Waals surface area contributed by atoms with Gasteiger partial charge in [-0.25, -0.2) is 0 Å². The first-order valence-corrected chi connectivity index (χ1v) is 8.67. The Balaban J connectivity index is 1.65. The molecule has 0 radical (unpaired) electrons. The third-order valence-electron chi connectivity index (χ3n) is 4.47. The molecule has 0 aliphatic carbocycles. The van der Waals surface area contributed by atoms with Crippen LogP contribution in [0.3, 0.4) is 0 Å². The Bertz CT molecular complexity index is 873. The maximum atomic E-state index is 12.3. The highest BCUT2D eigenvalue weighted by Crippen LogP contribution is 2.26. The van der Waals surface area contributed by atoms with E-state index in [-0.39, 0.29) is 12.5 Å². The second-order valence-corrected chi connectivity index (χ2v) is 6.24. The summed E-state index contributed by atoms with van der Waals surface area (Å²) in [7, 11) is 0. The van der Waals surface area contributed by atoms with Gasteiger partial charge in [0.25, 0.3) is 5.91 Å². The molecule has 128 valence electrons. The van der Waals surface area contributed by atoms with E-state index in [1.165, 1.54) is 0 Å². The molecule has 1 amide bonds. The molecule has 1 N–H and O–H groups in total. The topological polar surface area (TPSA) is 38.3 Å². The lowest BCUT2D eigenvalue weighted by molar-refractivity contribution is -0.118. The molecule has 0 aromatic heterocycles. The molecule has 0 fully saturated rings. The van der Waals surface area contributed by atoms with Crippen molar-refractivity contribution in [3.63, 3.8) is 0 Å². The normalized spacial score (nSPS) is 11.9. The number of hydrogen-bond donors (Lipinski definition) is 1. The van der Waals surface area contributed by atoms with Gasteiger partial charge in [0, 0.05) is 5.69 Å². The SMILES string of the molecule is CC[C@H](C)c1ccccc1NC(=O)COc1ccc2ccccc2c1. The van der Waals surface area contributed by atoms with E-state index in [2.05, 4.69) is 31.3 Å². The molecule has 0 spiro atoms. The smallest absolute Gasteiger partial charge is 0.262 e. The highest BCUT2D eigenvalue weighted by Gasteiger charge is 2.11. The van der Waals surface area contributed by atoms with E-state index in [4.69, 9.17) is 4.74 Å². The quantitative estimate of drug-likeness (QED) is 0.658. The van der Waals surface area contributed by atoms with Crippen LogP contribution in [0, 0.1) is 0 Å². The first kappa shape index (κ1) is 17.0. The van der Waals surface area contributed by atoms with Crippen LogP contribution in [-0.4, -0.2) is 12.5 Å². The number of carbonyl (C=O) groups excluding carboxylic acids is 1. The summed E-state index contributed by atoms with van der Waals surface area (Å²) in [6.45, 7) is 4.30. The molecule has 0 aliphatic heterocycles. The fourth-order valence-electron chi connectivity index (χ4n) is 2.85. The maximum Gasteiger partial charge on any atom is 0.262 e. The summed E-state index contributed by atoms with van der Waals surface area (Å²) in [6.07, 6.45) is 1.03. The van der Waals surface area contributed by atoms with Crippen LogP contribution < -0.4 is 10.1 Å². The molecule has 0 saturated heterocycles. The highest BCUT2D eigenvalue weighted by molar-refractivity contribution is 5.93. The Hall–Kier alpha value is -2.81. The number of para-hydroxylation sites is 1. The first-order valence-electron chi connectivity index (χ1n) is 8.67. The van der Waals surface area contributed by atoms with Gasteiger partial charge < -0.3 is 10.1 Å². The van der Waals surface area contributed by atoms with Crippen molar-refractivity contribution in [2.24, 2.45) is 0 Å². The van der Waals surface area contributed by atoms with Gasteiger partial charge >= 0.3 is 0 Å². The zero-order valence-electron chi connectivity index (χ0n) is 14.7. The number of hydrogen-bond acceptors (Lipinski definition) is 2. The summed E-state index contributed by atoms with van der Waals surface area (Å²) < 4.78 is 5.66. The van der Waals surface area contributed by atoms with E-state index in [9.17, 15) is 4.79 Å². The second kappa shape index (κ2) is 7.84. The average Bonchev–Trinajstić information content (AvgIpc) is 2.66. The zero-order valence-corrected chi connectivity index (χ0v) is 14.7. The number of nitrogens with one attached hydrogen (secondary N) is 1. The average molecular weight is 333 g/mol. The van der Waals surface area contributed by atoms with Crippen molar-refractivity contribution in [3.05, 3.63) is 72.3 Å². The third kappa shape index (κ3) is 4.18. The van der Waals surface area contributed by atoms with Crippen LogP contribution in [0.25, 0.3) is 10.8 Å². The van der Waals surface area contributed by atoms with Gasteiger partial charge in [-0.15, -0.1) is 0 Å². The maximum absolute atomic E-state index is 12.3. The fraction of sp³-hybridized carbons (Fsp3) is 0.227. The van der Waals surface area contributed by atoms with Crippen LogP contribution in [0.1, 0.15) is 31.7 Å². The van der Waals surface area contributed by atoms with Gasteiger partial charge in [0.15, 0.2) is 6.61 Å². The standard InChI is InChI=1S/C22H23NO2/c1-3-16(2)20-10-6-7-11-21(20)23-22(24)15-25-19-13-12-17-8-4-5-9-18(17)14-19/h4-14,16H,3,15H2,1-2H3,(H,23,24)/t16-/m0/s1. The number of anilines is 1. The van der Waals surface area contributed by atoms with Crippen LogP contribution in [0.2, 0.25) is 0 Å². The largest absolute Gasteiger partial charge is 0.484 e. The van der Waals surface area contributed by atoms with Crippen molar-refractivity contribution < 1.29 is 9.53 Å². The Morgan fingerprint density at radius 3 is 2.52 bits per heavy atom. The van der Waals surface area contributed by atoms with E-state index in [0.29, 0.717) is 11.7 Å². The summed E-state index contributed by atoms with van der Waals surface area (Å²) in [6, 6.07) is 21.9. The summed E-state index contributed by atoms with van der Waals surface area (Å²) in [4.78, 5) is 12.3. The molecule has 3 rings (SSSR count). The van der Waals surface area contributed by atoms with E-state index >= 15 is 0 Å². The molecule has 3 nitrogen and oxygen atoms in total. The summed E-state index contributed by atoms with van der Waals surface area (Å²) in [5, 5.41) is 5.22. The van der Waals surface area contributed by atoms with Gasteiger partial charge in [-0.2, -0.15) is 0 Å². The lowest BCUT2D eigenvalue weighted by Gasteiger charge is -2.15. The Morgan fingerprint density at radius 2 is 1.72 bits per heavy atom. The summed E-state index contributed by atoms with van der Waals surface area (Å²) in [5.74, 6) is 0.950. The zero-order chi connectivity index (χ0) is 17.6. The van der Waals surface area contributed by atoms with Gasteiger partial charge in [-0.1, -0.05) is 62.4 Å².